The van der Waals surface area contributed by atoms with E-state index in [1.807, 2.05) is 12.1 Å². The molecule has 0 saturated carbocycles. The minimum Gasteiger partial charge on any atom is -0.481 e. The van der Waals surface area contributed by atoms with Crippen molar-refractivity contribution >= 4 is 33.5 Å². The predicted octanol–water partition coefficient (Wildman–Crippen LogP) is 2.18. The van der Waals surface area contributed by atoms with E-state index in [4.69, 9.17) is 4.74 Å². The molecule has 0 aliphatic heterocycles. The zero-order valence-electron chi connectivity index (χ0n) is 6.47. The van der Waals surface area contributed by atoms with Gasteiger partial charge in [-0.1, -0.05) is 0 Å². The molecule has 2 aromatic heterocycles. The second-order valence-electron chi connectivity index (χ2n) is 2.40. The Morgan fingerprint density at radius 1 is 1.58 bits per heavy atom. The Balaban J connectivity index is 2.78. The van der Waals surface area contributed by atoms with Crippen molar-refractivity contribution in [2.45, 2.75) is 0 Å². The van der Waals surface area contributed by atoms with E-state index in [2.05, 4.69) is 32.6 Å². The van der Waals surface area contributed by atoms with Gasteiger partial charge in [-0.25, -0.2) is 4.98 Å². The predicted molar refractivity (Wildman–Crippen MR) is 55.4 cm³/mol. The van der Waals surface area contributed by atoms with Gasteiger partial charge in [-0.3, -0.25) is 0 Å². The molecular formula is C8H7IN2O. The Hall–Kier alpha value is -0.780. The maximum atomic E-state index is 5.11. The molecule has 0 aromatic carbocycles. The lowest BCUT2D eigenvalue weighted by molar-refractivity contribution is 0.403. The fraction of sp³-hybridized carbons (Fsp3) is 0.125. The van der Waals surface area contributed by atoms with Crippen LogP contribution < -0.4 is 4.74 Å². The Kier molecular flexibility index (Phi) is 1.92. The molecule has 0 aliphatic rings. The molecule has 1 N–H and O–H groups in total. The summed E-state index contributed by atoms with van der Waals surface area (Å²) in [4.78, 5) is 7.29. The summed E-state index contributed by atoms with van der Waals surface area (Å²) < 4.78 is 6.20. The molecule has 0 unspecified atom stereocenters. The smallest absolute Gasteiger partial charge is 0.222 e. The monoisotopic (exact) mass is 274 g/mol. The van der Waals surface area contributed by atoms with Gasteiger partial charge in [0.15, 0.2) is 0 Å². The third kappa shape index (κ3) is 1.16. The van der Waals surface area contributed by atoms with Gasteiger partial charge in [0.2, 0.25) is 5.88 Å². The number of fused-ring (bicyclic) bond motifs is 1. The number of nitrogens with one attached hydrogen (secondary N) is 1. The van der Waals surface area contributed by atoms with Crippen LogP contribution in [-0.2, 0) is 0 Å². The molecule has 0 radical (unpaired) electrons. The molecule has 3 nitrogen and oxygen atoms in total. The lowest BCUT2D eigenvalue weighted by Crippen LogP contribution is -1.86. The molecule has 0 fully saturated rings. The Morgan fingerprint density at radius 3 is 3.17 bits per heavy atom. The average Bonchev–Trinajstić information content (AvgIpc) is 2.44. The number of rotatable bonds is 1. The summed E-state index contributed by atoms with van der Waals surface area (Å²) in [6, 6.07) is 3.95. The first-order valence-corrected chi connectivity index (χ1v) is 4.56. The summed E-state index contributed by atoms with van der Waals surface area (Å²) in [6.07, 6.45) is 1.73. The lowest BCUT2D eigenvalue weighted by atomic mass is 10.3. The van der Waals surface area contributed by atoms with Crippen LogP contribution in [0.15, 0.2) is 18.3 Å². The van der Waals surface area contributed by atoms with Crippen LogP contribution in [0, 0.1) is 3.70 Å². The molecule has 4 heteroatoms. The molecule has 0 spiro atoms. The standard InChI is InChI=1S/C8H7IN2O/c1-12-8-5-4-7(9)11-6(5)2-3-10-8/h2-4,11H,1H3. The molecule has 0 saturated heterocycles. The summed E-state index contributed by atoms with van der Waals surface area (Å²) in [5.74, 6) is 0.673. The van der Waals surface area contributed by atoms with E-state index in [-0.39, 0.29) is 0 Å². The third-order valence-electron chi connectivity index (χ3n) is 1.67. The van der Waals surface area contributed by atoms with Crippen molar-refractivity contribution in [3.8, 4) is 5.88 Å². The minimum atomic E-state index is 0.673. The Morgan fingerprint density at radius 2 is 2.42 bits per heavy atom. The number of H-pyrrole nitrogens is 1. The minimum absolute atomic E-state index is 0.673. The van der Waals surface area contributed by atoms with Crippen molar-refractivity contribution in [2.75, 3.05) is 7.11 Å². The second kappa shape index (κ2) is 2.93. The van der Waals surface area contributed by atoms with Crippen LogP contribution in [0.25, 0.3) is 10.9 Å². The topological polar surface area (TPSA) is 37.9 Å². The highest BCUT2D eigenvalue weighted by atomic mass is 127. The Labute approximate surface area is 83.3 Å². The number of nitrogens with zero attached hydrogens (tertiary/aromatic N) is 1. The number of methoxy groups -OCH3 is 1. The van der Waals surface area contributed by atoms with Gasteiger partial charge in [-0.15, -0.1) is 0 Å². The van der Waals surface area contributed by atoms with E-state index < -0.39 is 0 Å². The molecule has 0 amide bonds. The van der Waals surface area contributed by atoms with E-state index in [0.717, 1.165) is 14.6 Å². The number of pyridine rings is 1. The van der Waals surface area contributed by atoms with E-state index in [9.17, 15) is 0 Å². The average molecular weight is 274 g/mol. The second-order valence-corrected chi connectivity index (χ2v) is 3.56. The van der Waals surface area contributed by atoms with Crippen molar-refractivity contribution < 1.29 is 4.74 Å². The van der Waals surface area contributed by atoms with Gasteiger partial charge in [-0.05, 0) is 34.7 Å². The number of halogens is 1. The van der Waals surface area contributed by atoms with Crippen LogP contribution in [0.2, 0.25) is 0 Å². The molecule has 0 aliphatic carbocycles. The maximum absolute atomic E-state index is 5.11. The molecule has 2 heterocycles. The number of aromatic amines is 1. The first kappa shape index (κ1) is 7.85. The molecule has 0 atom stereocenters. The SMILES string of the molecule is COc1nccc2[nH]c(I)cc12. The van der Waals surface area contributed by atoms with Crippen molar-refractivity contribution in [3.05, 3.63) is 22.0 Å². The van der Waals surface area contributed by atoms with Gasteiger partial charge in [0.25, 0.3) is 0 Å². The molecule has 62 valence electrons. The molecular weight excluding hydrogens is 267 g/mol. The van der Waals surface area contributed by atoms with Crippen LogP contribution in [0.1, 0.15) is 0 Å². The van der Waals surface area contributed by atoms with Crippen molar-refractivity contribution in [1.82, 2.24) is 9.97 Å². The number of hydrogen-bond donors (Lipinski definition) is 1. The third-order valence-corrected chi connectivity index (χ3v) is 2.25. The molecule has 2 rings (SSSR count). The van der Waals surface area contributed by atoms with Crippen LogP contribution in [0.4, 0.5) is 0 Å². The molecule has 2 aromatic rings. The zero-order chi connectivity index (χ0) is 8.55. The summed E-state index contributed by atoms with van der Waals surface area (Å²) in [5, 5.41) is 1.03. The Bertz CT molecular complexity index is 410. The highest BCUT2D eigenvalue weighted by Gasteiger charge is 2.04. The zero-order valence-corrected chi connectivity index (χ0v) is 8.62. The summed E-state index contributed by atoms with van der Waals surface area (Å²) in [6.45, 7) is 0. The summed E-state index contributed by atoms with van der Waals surface area (Å²) in [5.41, 5.74) is 1.06. The quantitative estimate of drug-likeness (QED) is 0.809. The number of ether oxygens (including phenoxy) is 1. The highest BCUT2D eigenvalue weighted by molar-refractivity contribution is 14.1. The fourth-order valence-corrected chi connectivity index (χ4v) is 1.76. The van der Waals surface area contributed by atoms with Gasteiger partial charge in [-0.2, -0.15) is 0 Å². The highest BCUT2D eigenvalue weighted by Crippen LogP contribution is 2.23. The summed E-state index contributed by atoms with van der Waals surface area (Å²) in [7, 11) is 1.63. The number of aromatic nitrogens is 2. The van der Waals surface area contributed by atoms with Crippen LogP contribution in [0.3, 0.4) is 0 Å². The first-order valence-electron chi connectivity index (χ1n) is 3.48. The molecule has 0 bridgehead atoms. The lowest BCUT2D eigenvalue weighted by Gasteiger charge is -1.97. The van der Waals surface area contributed by atoms with Crippen LogP contribution >= 0.6 is 22.6 Å². The van der Waals surface area contributed by atoms with E-state index in [1.54, 1.807) is 13.3 Å². The molecule has 12 heavy (non-hydrogen) atoms. The van der Waals surface area contributed by atoms with Crippen molar-refractivity contribution in [2.24, 2.45) is 0 Å². The normalized spacial score (nSPS) is 10.5. The van der Waals surface area contributed by atoms with E-state index in [1.165, 1.54) is 0 Å². The summed E-state index contributed by atoms with van der Waals surface area (Å²) >= 11 is 2.23. The van der Waals surface area contributed by atoms with Crippen molar-refractivity contribution in [3.63, 3.8) is 0 Å². The van der Waals surface area contributed by atoms with Gasteiger partial charge in [0, 0.05) is 6.20 Å². The van der Waals surface area contributed by atoms with Gasteiger partial charge in [0.05, 0.1) is 21.7 Å². The van der Waals surface area contributed by atoms with Gasteiger partial charge < -0.3 is 9.72 Å². The fourth-order valence-electron chi connectivity index (χ4n) is 1.16. The van der Waals surface area contributed by atoms with Crippen LogP contribution in [-0.4, -0.2) is 17.1 Å². The van der Waals surface area contributed by atoms with Crippen LogP contribution in [0.5, 0.6) is 5.88 Å². The van der Waals surface area contributed by atoms with Gasteiger partial charge in [0.1, 0.15) is 0 Å². The van der Waals surface area contributed by atoms with Gasteiger partial charge >= 0.3 is 0 Å². The van der Waals surface area contributed by atoms with Crippen molar-refractivity contribution in [1.29, 1.82) is 0 Å². The van der Waals surface area contributed by atoms with E-state index in [0.29, 0.717) is 5.88 Å². The first-order chi connectivity index (χ1) is 5.81. The maximum Gasteiger partial charge on any atom is 0.222 e. The number of hydrogen-bond acceptors (Lipinski definition) is 2. The largest absolute Gasteiger partial charge is 0.481 e. The van der Waals surface area contributed by atoms with E-state index >= 15 is 0 Å².